The van der Waals surface area contributed by atoms with Gasteiger partial charge in [0, 0.05) is 12.7 Å². The van der Waals surface area contributed by atoms with E-state index in [2.05, 4.69) is 15.2 Å². The predicted octanol–water partition coefficient (Wildman–Crippen LogP) is 1.17. The zero-order chi connectivity index (χ0) is 11.0. The van der Waals surface area contributed by atoms with Crippen LogP contribution in [0.25, 0.3) is 11.5 Å². The number of aromatic nitrogens is 4. The molecule has 0 saturated heterocycles. The molecule has 0 radical (unpaired) electrons. The van der Waals surface area contributed by atoms with Gasteiger partial charge in [-0.15, -0.1) is 10.2 Å². The van der Waals surface area contributed by atoms with Gasteiger partial charge in [-0.05, 0) is 25.0 Å². The Balaban J connectivity index is 2.10. The zero-order valence-electron chi connectivity index (χ0n) is 8.74. The number of rotatable bonds is 1. The second kappa shape index (κ2) is 3.68. The molecule has 0 spiro atoms. The van der Waals surface area contributed by atoms with Crippen LogP contribution >= 0.6 is 0 Å². The van der Waals surface area contributed by atoms with Gasteiger partial charge in [-0.1, -0.05) is 6.07 Å². The number of fused-ring (bicyclic) bond motifs is 1. The Morgan fingerprint density at radius 2 is 2.25 bits per heavy atom. The molecule has 16 heavy (non-hydrogen) atoms. The van der Waals surface area contributed by atoms with E-state index in [-0.39, 0.29) is 0 Å². The van der Waals surface area contributed by atoms with E-state index in [1.807, 2.05) is 22.8 Å². The normalized spacial score (nSPS) is 19.4. The highest BCUT2D eigenvalue weighted by Gasteiger charge is 2.24. The first-order chi connectivity index (χ1) is 7.86. The van der Waals surface area contributed by atoms with Crippen molar-refractivity contribution in [3.8, 4) is 11.5 Å². The molecule has 0 saturated carbocycles. The van der Waals surface area contributed by atoms with Gasteiger partial charge in [0.2, 0.25) is 0 Å². The Hall–Kier alpha value is -1.75. The molecule has 0 aromatic carbocycles. The van der Waals surface area contributed by atoms with Gasteiger partial charge in [-0.25, -0.2) is 0 Å². The highest BCUT2D eigenvalue weighted by atomic mass is 16.3. The van der Waals surface area contributed by atoms with E-state index in [0.717, 1.165) is 30.9 Å². The molecule has 1 atom stereocenters. The van der Waals surface area contributed by atoms with Gasteiger partial charge in [-0.3, -0.25) is 4.98 Å². The zero-order valence-corrected chi connectivity index (χ0v) is 8.74. The molecule has 82 valence electrons. The van der Waals surface area contributed by atoms with Gasteiger partial charge < -0.3 is 9.67 Å². The minimum absolute atomic E-state index is 0.487. The van der Waals surface area contributed by atoms with E-state index in [4.69, 9.17) is 0 Å². The van der Waals surface area contributed by atoms with Gasteiger partial charge in [-0.2, -0.15) is 0 Å². The number of hydrogen-bond acceptors (Lipinski definition) is 4. The van der Waals surface area contributed by atoms with Crippen LogP contribution in [0.1, 0.15) is 24.8 Å². The van der Waals surface area contributed by atoms with E-state index in [1.165, 1.54) is 0 Å². The molecule has 2 aromatic heterocycles. The molecule has 1 aliphatic rings. The van der Waals surface area contributed by atoms with E-state index in [9.17, 15) is 5.11 Å². The lowest BCUT2D eigenvalue weighted by Gasteiger charge is -2.19. The number of aliphatic hydroxyl groups is 1. The largest absolute Gasteiger partial charge is 0.385 e. The maximum Gasteiger partial charge on any atom is 0.182 e. The van der Waals surface area contributed by atoms with Crippen molar-refractivity contribution in [3.05, 3.63) is 30.2 Å². The van der Waals surface area contributed by atoms with Gasteiger partial charge in [0.25, 0.3) is 0 Å². The minimum Gasteiger partial charge on any atom is -0.385 e. The van der Waals surface area contributed by atoms with Crippen LogP contribution in [0.3, 0.4) is 0 Å². The average Bonchev–Trinajstić information content (AvgIpc) is 2.75. The van der Waals surface area contributed by atoms with E-state index < -0.39 is 6.10 Å². The monoisotopic (exact) mass is 216 g/mol. The Morgan fingerprint density at radius 3 is 3.06 bits per heavy atom. The Kier molecular flexibility index (Phi) is 2.18. The van der Waals surface area contributed by atoms with E-state index in [0.29, 0.717) is 5.82 Å². The predicted molar refractivity (Wildman–Crippen MR) is 57.4 cm³/mol. The summed E-state index contributed by atoms with van der Waals surface area (Å²) in [5.74, 6) is 1.40. The van der Waals surface area contributed by atoms with Crippen molar-refractivity contribution in [2.75, 3.05) is 0 Å². The molecule has 1 unspecified atom stereocenters. The molecule has 5 heteroatoms. The number of nitrogens with zero attached hydrogens (tertiary/aromatic N) is 4. The SMILES string of the molecule is OC1CCCn2c(-c3ccccn3)nnc21. The third-order valence-corrected chi connectivity index (χ3v) is 2.83. The quantitative estimate of drug-likeness (QED) is 0.777. The molecule has 2 aromatic rings. The van der Waals surface area contributed by atoms with Crippen molar-refractivity contribution < 1.29 is 5.11 Å². The van der Waals surface area contributed by atoms with Gasteiger partial charge in [0.1, 0.15) is 11.8 Å². The Bertz CT molecular complexity index is 494. The number of aliphatic hydroxyl groups excluding tert-OH is 1. The molecule has 3 rings (SSSR count). The van der Waals surface area contributed by atoms with Crippen molar-refractivity contribution >= 4 is 0 Å². The van der Waals surface area contributed by atoms with E-state index in [1.54, 1.807) is 6.20 Å². The molecule has 3 heterocycles. The summed E-state index contributed by atoms with van der Waals surface area (Å²) in [4.78, 5) is 4.25. The van der Waals surface area contributed by atoms with Crippen LogP contribution in [-0.2, 0) is 6.54 Å². The number of hydrogen-bond donors (Lipinski definition) is 1. The number of pyridine rings is 1. The maximum atomic E-state index is 9.78. The van der Waals surface area contributed by atoms with Crippen LogP contribution < -0.4 is 0 Å². The van der Waals surface area contributed by atoms with Crippen LogP contribution in [0.15, 0.2) is 24.4 Å². The van der Waals surface area contributed by atoms with Crippen molar-refractivity contribution in [2.45, 2.75) is 25.5 Å². The second-order valence-corrected chi connectivity index (χ2v) is 3.91. The van der Waals surface area contributed by atoms with Gasteiger partial charge in [0.15, 0.2) is 11.6 Å². The first-order valence-electron chi connectivity index (χ1n) is 5.39. The molecule has 1 N–H and O–H groups in total. The van der Waals surface area contributed by atoms with Crippen molar-refractivity contribution in [3.63, 3.8) is 0 Å². The van der Waals surface area contributed by atoms with Crippen LogP contribution in [0.2, 0.25) is 0 Å². The van der Waals surface area contributed by atoms with Crippen molar-refractivity contribution in [2.24, 2.45) is 0 Å². The summed E-state index contributed by atoms with van der Waals surface area (Å²) in [6.07, 6.45) is 2.96. The first kappa shape index (κ1) is 9.47. The highest BCUT2D eigenvalue weighted by Crippen LogP contribution is 2.27. The van der Waals surface area contributed by atoms with Crippen LogP contribution in [-0.4, -0.2) is 24.9 Å². The molecule has 0 fully saturated rings. The van der Waals surface area contributed by atoms with Crippen molar-refractivity contribution in [1.29, 1.82) is 0 Å². The Labute approximate surface area is 92.8 Å². The third kappa shape index (κ3) is 1.40. The lowest BCUT2D eigenvalue weighted by Crippen LogP contribution is -2.16. The molecular weight excluding hydrogens is 204 g/mol. The minimum atomic E-state index is -0.487. The lowest BCUT2D eigenvalue weighted by molar-refractivity contribution is 0.134. The van der Waals surface area contributed by atoms with Crippen LogP contribution in [0.4, 0.5) is 0 Å². The van der Waals surface area contributed by atoms with Crippen LogP contribution in [0.5, 0.6) is 0 Å². The molecule has 0 amide bonds. The molecule has 0 bridgehead atoms. The fraction of sp³-hybridized carbons (Fsp3) is 0.364. The lowest BCUT2D eigenvalue weighted by atomic mass is 10.1. The molecule has 5 nitrogen and oxygen atoms in total. The summed E-state index contributed by atoms with van der Waals surface area (Å²) in [6.45, 7) is 0.852. The maximum absolute atomic E-state index is 9.78. The fourth-order valence-electron chi connectivity index (χ4n) is 2.04. The summed E-state index contributed by atoms with van der Waals surface area (Å²) in [5, 5.41) is 17.9. The van der Waals surface area contributed by atoms with Crippen molar-refractivity contribution in [1.82, 2.24) is 19.7 Å². The standard InChI is InChI=1S/C11H12N4O/c16-9-5-3-7-15-10(13-14-11(9)15)8-4-1-2-6-12-8/h1-2,4,6,9,16H,3,5,7H2. The highest BCUT2D eigenvalue weighted by molar-refractivity contribution is 5.49. The second-order valence-electron chi connectivity index (χ2n) is 3.91. The first-order valence-corrected chi connectivity index (χ1v) is 5.39. The summed E-state index contributed by atoms with van der Waals surface area (Å²) < 4.78 is 1.95. The molecule has 1 aliphatic heterocycles. The summed E-state index contributed by atoms with van der Waals surface area (Å²) in [6, 6.07) is 5.69. The summed E-state index contributed by atoms with van der Waals surface area (Å²) in [5.41, 5.74) is 0.801. The van der Waals surface area contributed by atoms with Gasteiger partial charge >= 0.3 is 0 Å². The van der Waals surface area contributed by atoms with Gasteiger partial charge in [0.05, 0.1) is 0 Å². The third-order valence-electron chi connectivity index (χ3n) is 2.83. The smallest absolute Gasteiger partial charge is 0.182 e. The topological polar surface area (TPSA) is 63.8 Å². The average molecular weight is 216 g/mol. The fourth-order valence-corrected chi connectivity index (χ4v) is 2.04. The summed E-state index contributed by atoms with van der Waals surface area (Å²) in [7, 11) is 0. The van der Waals surface area contributed by atoms with E-state index >= 15 is 0 Å². The molecular formula is C11H12N4O. The molecule has 0 aliphatic carbocycles. The Morgan fingerprint density at radius 1 is 1.31 bits per heavy atom. The summed E-state index contributed by atoms with van der Waals surface area (Å²) >= 11 is 0. The van der Waals surface area contributed by atoms with Crippen LogP contribution in [0, 0.1) is 0 Å².